The second-order valence-electron chi connectivity index (χ2n) is 4.58. The second kappa shape index (κ2) is 8.77. The quantitative estimate of drug-likeness (QED) is 0.418. The zero-order valence-corrected chi connectivity index (χ0v) is 12.9. The van der Waals surface area contributed by atoms with Gasteiger partial charge < -0.3 is 9.64 Å². The van der Waals surface area contributed by atoms with Crippen LogP contribution in [-0.4, -0.2) is 36.4 Å². The van der Waals surface area contributed by atoms with Crippen LogP contribution in [0.15, 0.2) is 42.5 Å². The Balaban J connectivity index is 2.99. The number of hydrogen-bond acceptors (Lipinski definition) is 2. The Morgan fingerprint density at radius 1 is 1.40 bits per heavy atom. The van der Waals surface area contributed by atoms with E-state index in [9.17, 15) is 4.79 Å². The second-order valence-corrected chi connectivity index (χ2v) is 4.84. The van der Waals surface area contributed by atoms with Crippen LogP contribution >= 0.6 is 11.6 Å². The van der Waals surface area contributed by atoms with Crippen molar-refractivity contribution in [1.29, 1.82) is 0 Å². The molecule has 1 amide bonds. The van der Waals surface area contributed by atoms with Gasteiger partial charge in [0.1, 0.15) is 5.88 Å². The van der Waals surface area contributed by atoms with Gasteiger partial charge in [-0.1, -0.05) is 42.5 Å². The number of benzene rings is 1. The zero-order chi connectivity index (χ0) is 15.0. The minimum atomic E-state index is -0.164. The maximum Gasteiger partial charge on any atom is 0.238 e. The third kappa shape index (κ3) is 4.66. The summed E-state index contributed by atoms with van der Waals surface area (Å²) in [7, 11) is 0. The van der Waals surface area contributed by atoms with Gasteiger partial charge in [-0.05, 0) is 19.4 Å². The van der Waals surface area contributed by atoms with E-state index in [1.807, 2.05) is 44.2 Å². The number of hydrogen-bond donors (Lipinski definition) is 0. The molecule has 0 N–H and O–H groups in total. The van der Waals surface area contributed by atoms with Crippen LogP contribution in [0.1, 0.15) is 25.5 Å². The summed E-state index contributed by atoms with van der Waals surface area (Å²) < 4.78 is 5.36. The molecular weight excluding hydrogens is 274 g/mol. The van der Waals surface area contributed by atoms with E-state index in [0.29, 0.717) is 19.8 Å². The lowest BCUT2D eigenvalue weighted by Crippen LogP contribution is -2.38. The molecule has 0 aromatic heterocycles. The molecule has 20 heavy (non-hydrogen) atoms. The average Bonchev–Trinajstić information content (AvgIpc) is 2.46. The highest BCUT2D eigenvalue weighted by molar-refractivity contribution is 6.27. The van der Waals surface area contributed by atoms with E-state index in [4.69, 9.17) is 16.3 Å². The van der Waals surface area contributed by atoms with E-state index in [1.165, 1.54) is 0 Å². The van der Waals surface area contributed by atoms with Gasteiger partial charge in [0.15, 0.2) is 0 Å². The summed E-state index contributed by atoms with van der Waals surface area (Å²) in [5.74, 6) is -0.147. The fourth-order valence-electron chi connectivity index (χ4n) is 2.15. The number of carbonyl (C=O) groups is 1. The Morgan fingerprint density at radius 3 is 2.55 bits per heavy atom. The minimum absolute atomic E-state index is 0.0389. The topological polar surface area (TPSA) is 29.5 Å². The van der Waals surface area contributed by atoms with Crippen molar-refractivity contribution in [3.63, 3.8) is 0 Å². The van der Waals surface area contributed by atoms with Crippen LogP contribution < -0.4 is 0 Å². The van der Waals surface area contributed by atoms with Crippen molar-refractivity contribution in [1.82, 2.24) is 4.90 Å². The van der Waals surface area contributed by atoms with E-state index < -0.39 is 0 Å². The first-order chi connectivity index (χ1) is 9.61. The molecule has 0 heterocycles. The molecule has 1 atom stereocenters. The molecule has 0 saturated heterocycles. The van der Waals surface area contributed by atoms with Gasteiger partial charge >= 0.3 is 0 Å². The van der Waals surface area contributed by atoms with Crippen LogP contribution in [-0.2, 0) is 9.53 Å². The highest BCUT2D eigenvalue weighted by atomic mass is 35.5. The van der Waals surface area contributed by atoms with Crippen LogP contribution in [0.3, 0.4) is 0 Å². The van der Waals surface area contributed by atoms with E-state index >= 15 is 0 Å². The Labute approximate surface area is 126 Å². The van der Waals surface area contributed by atoms with Crippen molar-refractivity contribution in [2.45, 2.75) is 19.9 Å². The van der Waals surface area contributed by atoms with Crippen LogP contribution in [0.25, 0.3) is 0 Å². The predicted octanol–water partition coefficient (Wildman–Crippen LogP) is 3.41. The summed E-state index contributed by atoms with van der Waals surface area (Å²) in [6.45, 7) is 9.51. The van der Waals surface area contributed by atoms with Crippen molar-refractivity contribution in [3.05, 3.63) is 48.0 Å². The molecule has 3 nitrogen and oxygen atoms in total. The Hall–Kier alpha value is -1.32. The fraction of sp³-hybridized carbons (Fsp3) is 0.438. The fourth-order valence-corrected chi connectivity index (χ4v) is 2.30. The van der Waals surface area contributed by atoms with Crippen molar-refractivity contribution >= 4 is 17.5 Å². The molecule has 0 fully saturated rings. The first kappa shape index (κ1) is 16.7. The molecule has 1 unspecified atom stereocenters. The highest BCUT2D eigenvalue weighted by Gasteiger charge is 2.24. The summed E-state index contributed by atoms with van der Waals surface area (Å²) in [5, 5.41) is 0. The smallest absolute Gasteiger partial charge is 0.238 e. The van der Waals surface area contributed by atoms with Gasteiger partial charge in [0, 0.05) is 13.2 Å². The number of amides is 1. The first-order valence-corrected chi connectivity index (χ1v) is 7.28. The lowest BCUT2D eigenvalue weighted by molar-refractivity contribution is -0.131. The van der Waals surface area contributed by atoms with Crippen LogP contribution in [0.4, 0.5) is 0 Å². The monoisotopic (exact) mass is 295 g/mol. The molecule has 0 saturated carbocycles. The molecule has 0 aliphatic rings. The Kier molecular flexibility index (Phi) is 7.34. The SMILES string of the molecule is C=C(C)C(c1ccccc1)N(CCOCC)C(=O)CCl. The molecule has 0 aliphatic heterocycles. The van der Waals surface area contributed by atoms with Crippen LogP contribution in [0.5, 0.6) is 0 Å². The van der Waals surface area contributed by atoms with Crippen LogP contribution in [0.2, 0.25) is 0 Å². The van der Waals surface area contributed by atoms with Gasteiger partial charge in [-0.25, -0.2) is 0 Å². The largest absolute Gasteiger partial charge is 0.380 e. The average molecular weight is 296 g/mol. The molecule has 110 valence electrons. The molecule has 1 aromatic rings. The van der Waals surface area contributed by atoms with E-state index in [-0.39, 0.29) is 17.8 Å². The van der Waals surface area contributed by atoms with Gasteiger partial charge in [-0.15, -0.1) is 11.6 Å². The minimum Gasteiger partial charge on any atom is -0.380 e. The van der Waals surface area contributed by atoms with Gasteiger partial charge in [-0.2, -0.15) is 0 Å². The maximum absolute atomic E-state index is 12.1. The van der Waals surface area contributed by atoms with Crippen molar-refractivity contribution in [3.8, 4) is 0 Å². The van der Waals surface area contributed by atoms with Gasteiger partial charge in [-0.3, -0.25) is 4.79 Å². The normalized spacial score (nSPS) is 11.9. The molecule has 0 aliphatic carbocycles. The zero-order valence-electron chi connectivity index (χ0n) is 12.1. The number of nitrogens with zero attached hydrogens (tertiary/aromatic N) is 1. The molecule has 0 bridgehead atoms. The number of alkyl halides is 1. The molecule has 0 radical (unpaired) electrons. The number of rotatable bonds is 8. The van der Waals surface area contributed by atoms with E-state index in [2.05, 4.69) is 6.58 Å². The Bertz CT molecular complexity index is 433. The summed E-state index contributed by atoms with van der Waals surface area (Å²) in [4.78, 5) is 13.9. The van der Waals surface area contributed by atoms with Crippen molar-refractivity contribution in [2.75, 3.05) is 25.6 Å². The van der Waals surface area contributed by atoms with Gasteiger partial charge in [0.25, 0.3) is 0 Å². The summed E-state index contributed by atoms with van der Waals surface area (Å²) >= 11 is 5.73. The maximum atomic E-state index is 12.1. The molecule has 1 aromatic carbocycles. The van der Waals surface area contributed by atoms with Crippen LogP contribution in [0, 0.1) is 0 Å². The van der Waals surface area contributed by atoms with Crippen molar-refractivity contribution < 1.29 is 9.53 Å². The lowest BCUT2D eigenvalue weighted by atomic mass is 9.99. The summed E-state index contributed by atoms with van der Waals surface area (Å²) in [5.41, 5.74) is 1.95. The first-order valence-electron chi connectivity index (χ1n) is 6.75. The predicted molar refractivity (Wildman–Crippen MR) is 82.9 cm³/mol. The van der Waals surface area contributed by atoms with Gasteiger partial charge in [0.2, 0.25) is 5.91 Å². The lowest BCUT2D eigenvalue weighted by Gasteiger charge is -2.32. The molecule has 4 heteroatoms. The summed E-state index contributed by atoms with van der Waals surface area (Å²) in [6, 6.07) is 9.69. The van der Waals surface area contributed by atoms with E-state index in [0.717, 1.165) is 11.1 Å². The Morgan fingerprint density at radius 2 is 2.05 bits per heavy atom. The molecule has 1 rings (SSSR count). The molecule has 0 spiro atoms. The molecular formula is C16H22ClNO2. The highest BCUT2D eigenvalue weighted by Crippen LogP contribution is 2.27. The third-order valence-corrected chi connectivity index (χ3v) is 3.24. The third-order valence-electron chi connectivity index (χ3n) is 3.01. The summed E-state index contributed by atoms with van der Waals surface area (Å²) in [6.07, 6.45) is 0. The van der Waals surface area contributed by atoms with E-state index in [1.54, 1.807) is 4.90 Å². The number of ether oxygens (including phenoxy) is 1. The number of carbonyl (C=O) groups excluding carboxylic acids is 1. The van der Waals surface area contributed by atoms with Gasteiger partial charge in [0.05, 0.1) is 12.6 Å². The number of halogens is 1. The standard InChI is InChI=1S/C16H22ClNO2/c1-4-20-11-10-18(15(19)12-17)16(13(2)3)14-8-6-5-7-9-14/h5-9,16H,2,4,10-12H2,1,3H3. The van der Waals surface area contributed by atoms with Crippen molar-refractivity contribution in [2.24, 2.45) is 0 Å².